The van der Waals surface area contributed by atoms with Crippen molar-refractivity contribution in [1.29, 1.82) is 0 Å². The molecule has 46 valence electrons. The van der Waals surface area contributed by atoms with Gasteiger partial charge in [-0.05, 0) is 0 Å². The Balaban J connectivity index is 2.71. The molecule has 0 aliphatic rings. The van der Waals surface area contributed by atoms with Gasteiger partial charge >= 0.3 is 0 Å². The van der Waals surface area contributed by atoms with Gasteiger partial charge in [0.05, 0.1) is 0 Å². The number of hydrogen-bond donors (Lipinski definition) is 0. The Bertz CT molecular complexity index is 64.9. The predicted molar refractivity (Wildman–Crippen MR) is 27.2 cm³/mol. The Morgan fingerprint density at radius 2 is 2.00 bits per heavy atom. The largest absolute Gasteiger partial charge is 0.670 e. The van der Waals surface area contributed by atoms with Crippen molar-refractivity contribution in [3.05, 3.63) is 5.53 Å². The molecule has 0 spiro atoms. The highest BCUT2D eigenvalue weighted by molar-refractivity contribution is 5.21. The van der Waals surface area contributed by atoms with Gasteiger partial charge in [0, 0.05) is 6.72 Å². The fourth-order valence-corrected chi connectivity index (χ4v) is 0.180. The molecular weight excluding hydrogens is 110 g/mol. The number of oxime groups is 1. The summed E-state index contributed by atoms with van der Waals surface area (Å²) in [6.45, 7) is 3.46. The van der Waals surface area contributed by atoms with Crippen LogP contribution in [0.25, 0.3) is 5.53 Å². The van der Waals surface area contributed by atoms with Crippen molar-refractivity contribution in [2.75, 3.05) is 13.2 Å². The molecule has 0 bridgehead atoms. The van der Waals surface area contributed by atoms with Gasteiger partial charge < -0.3 is 15.2 Å². The molecule has 0 aromatic rings. The van der Waals surface area contributed by atoms with Gasteiger partial charge in [-0.2, -0.15) is 0 Å². The third-order valence-electron chi connectivity index (χ3n) is 0.415. The number of nitrogens with zero attached hydrogens (tertiary/aromatic N) is 3. The summed E-state index contributed by atoms with van der Waals surface area (Å²) in [5.41, 5.74) is 7.67. The summed E-state index contributed by atoms with van der Waals surface area (Å²) in [5, 5.41) is 5.42. The maximum Gasteiger partial charge on any atom is 0.153 e. The lowest BCUT2D eigenvalue weighted by atomic mass is 10.8. The summed E-state index contributed by atoms with van der Waals surface area (Å²) >= 11 is 0. The minimum Gasteiger partial charge on any atom is -0.670 e. The normalized spacial score (nSPS) is 7.50. The molecule has 0 saturated carbocycles. The van der Waals surface area contributed by atoms with E-state index < -0.39 is 0 Å². The summed E-state index contributed by atoms with van der Waals surface area (Å²) in [5.74, 6) is 0. The second-order valence-corrected chi connectivity index (χ2v) is 0.877. The third-order valence-corrected chi connectivity index (χ3v) is 0.415. The van der Waals surface area contributed by atoms with E-state index in [4.69, 9.17) is 5.53 Å². The van der Waals surface area contributed by atoms with Crippen LogP contribution in [-0.2, 0) is 9.68 Å². The van der Waals surface area contributed by atoms with Gasteiger partial charge in [-0.25, -0.2) is 5.28 Å². The quantitative estimate of drug-likeness (QED) is 0.228. The van der Waals surface area contributed by atoms with Crippen LogP contribution < -0.4 is 0 Å². The van der Waals surface area contributed by atoms with E-state index in [1.54, 1.807) is 0 Å². The summed E-state index contributed by atoms with van der Waals surface area (Å²) in [6, 6.07) is 0. The van der Waals surface area contributed by atoms with E-state index >= 15 is 0 Å². The lowest BCUT2D eigenvalue weighted by Gasteiger charge is -1.97. The van der Waals surface area contributed by atoms with Gasteiger partial charge in [-0.3, -0.25) is 0 Å². The first-order valence-electron chi connectivity index (χ1n) is 1.96. The zero-order valence-electron chi connectivity index (χ0n) is 4.28. The summed E-state index contributed by atoms with van der Waals surface area (Å²) < 4.78 is 0. The lowest BCUT2D eigenvalue weighted by Crippen LogP contribution is -1.95. The molecule has 5 heteroatoms. The fourth-order valence-electron chi connectivity index (χ4n) is 0.180. The van der Waals surface area contributed by atoms with E-state index in [-0.39, 0.29) is 13.2 Å². The van der Waals surface area contributed by atoms with Gasteiger partial charge in [0.1, 0.15) is 0 Å². The highest BCUT2D eigenvalue weighted by atomic mass is 16.7. The smallest absolute Gasteiger partial charge is 0.153 e. The van der Waals surface area contributed by atoms with Crippen molar-refractivity contribution in [2.24, 2.45) is 10.4 Å². The standard InChI is InChI=1S/C3H6N3O2/c1-5-7-2-3-8-6-4/h1-3H2/q-1. The minimum absolute atomic E-state index is 0.176. The lowest BCUT2D eigenvalue weighted by molar-refractivity contribution is 0.0529. The molecule has 0 amide bonds. The van der Waals surface area contributed by atoms with Gasteiger partial charge in [-0.15, -0.1) is 5.16 Å². The molecule has 0 heterocycles. The first-order chi connectivity index (χ1) is 3.91. The molecular formula is C3H6N3O2-. The van der Waals surface area contributed by atoms with E-state index in [1.807, 2.05) is 0 Å². The predicted octanol–water partition coefficient (Wildman–Crippen LogP) is 0.572. The molecule has 5 nitrogen and oxygen atoms in total. The monoisotopic (exact) mass is 116 g/mol. The second-order valence-electron chi connectivity index (χ2n) is 0.877. The summed E-state index contributed by atoms with van der Waals surface area (Å²) in [7, 11) is 0. The van der Waals surface area contributed by atoms with Gasteiger partial charge in [0.15, 0.2) is 13.2 Å². The Kier molecular flexibility index (Phi) is 5.04. The molecule has 0 aliphatic heterocycles. The molecule has 0 unspecified atom stereocenters. The SMILES string of the molecule is C=NOCCON=[N-]. The first-order valence-corrected chi connectivity index (χ1v) is 1.96. The molecule has 0 radical (unpaired) electrons. The maximum atomic E-state index is 7.67. The molecule has 0 N–H and O–H groups in total. The molecule has 0 saturated heterocycles. The maximum absolute atomic E-state index is 7.67. The Labute approximate surface area is 46.7 Å². The Morgan fingerprint density at radius 1 is 1.38 bits per heavy atom. The van der Waals surface area contributed by atoms with Crippen LogP contribution in [-0.4, -0.2) is 19.9 Å². The van der Waals surface area contributed by atoms with E-state index in [9.17, 15) is 0 Å². The van der Waals surface area contributed by atoms with Crippen LogP contribution in [0.2, 0.25) is 0 Å². The zero-order chi connectivity index (χ0) is 6.24. The van der Waals surface area contributed by atoms with Crippen LogP contribution in [0.5, 0.6) is 0 Å². The first kappa shape index (κ1) is 6.87. The Morgan fingerprint density at radius 3 is 2.50 bits per heavy atom. The summed E-state index contributed by atoms with van der Waals surface area (Å²) in [4.78, 5) is 8.46. The molecule has 0 atom stereocenters. The molecule has 0 fully saturated rings. The van der Waals surface area contributed by atoms with E-state index in [0.29, 0.717) is 0 Å². The Hall–Kier alpha value is -1.13. The van der Waals surface area contributed by atoms with Crippen molar-refractivity contribution in [2.45, 2.75) is 0 Å². The van der Waals surface area contributed by atoms with Crippen molar-refractivity contribution in [3.63, 3.8) is 0 Å². The number of hydrogen-bond acceptors (Lipinski definition) is 4. The number of rotatable bonds is 5. The van der Waals surface area contributed by atoms with Gasteiger partial charge in [0.25, 0.3) is 0 Å². The van der Waals surface area contributed by atoms with Crippen LogP contribution >= 0.6 is 0 Å². The molecule has 8 heavy (non-hydrogen) atoms. The minimum atomic E-state index is 0.176. The molecule has 0 aromatic heterocycles. The van der Waals surface area contributed by atoms with Crippen molar-refractivity contribution >= 4 is 6.72 Å². The topological polar surface area (TPSA) is 65.5 Å². The van der Waals surface area contributed by atoms with Crippen LogP contribution in [0.4, 0.5) is 0 Å². The van der Waals surface area contributed by atoms with Crippen molar-refractivity contribution in [3.8, 4) is 0 Å². The highest BCUT2D eigenvalue weighted by Gasteiger charge is 1.78. The van der Waals surface area contributed by atoms with E-state index in [2.05, 4.69) is 26.8 Å². The van der Waals surface area contributed by atoms with E-state index in [1.165, 1.54) is 0 Å². The van der Waals surface area contributed by atoms with Crippen LogP contribution in [0, 0.1) is 0 Å². The summed E-state index contributed by atoms with van der Waals surface area (Å²) in [6.07, 6.45) is 0. The fraction of sp³-hybridized carbons (Fsp3) is 0.667. The zero-order valence-corrected chi connectivity index (χ0v) is 4.28. The average molecular weight is 116 g/mol. The molecule has 0 aromatic carbocycles. The van der Waals surface area contributed by atoms with Crippen molar-refractivity contribution < 1.29 is 9.68 Å². The van der Waals surface area contributed by atoms with Crippen LogP contribution in [0.15, 0.2) is 10.4 Å². The molecule has 0 rings (SSSR count). The van der Waals surface area contributed by atoms with Gasteiger partial charge in [-0.1, -0.05) is 0 Å². The van der Waals surface area contributed by atoms with Gasteiger partial charge in [0.2, 0.25) is 0 Å². The van der Waals surface area contributed by atoms with Crippen LogP contribution in [0.3, 0.4) is 0 Å². The average Bonchev–Trinajstić information content (AvgIpc) is 1.81. The second kappa shape index (κ2) is 5.87. The van der Waals surface area contributed by atoms with Crippen molar-refractivity contribution in [1.82, 2.24) is 0 Å². The molecule has 0 aliphatic carbocycles. The van der Waals surface area contributed by atoms with Crippen LogP contribution in [0.1, 0.15) is 0 Å². The van der Waals surface area contributed by atoms with E-state index in [0.717, 1.165) is 0 Å². The highest BCUT2D eigenvalue weighted by Crippen LogP contribution is 1.76. The third kappa shape index (κ3) is 4.87.